The predicted octanol–water partition coefficient (Wildman–Crippen LogP) is 1.54. The fraction of sp³-hybridized carbons (Fsp3) is 0.350. The number of amides is 2. The highest BCUT2D eigenvalue weighted by molar-refractivity contribution is 5.98. The van der Waals surface area contributed by atoms with Gasteiger partial charge in [-0.3, -0.25) is 14.6 Å². The average Bonchev–Trinajstić information content (AvgIpc) is 3.26. The van der Waals surface area contributed by atoms with Crippen molar-refractivity contribution in [2.75, 3.05) is 20.2 Å². The lowest BCUT2D eigenvalue weighted by molar-refractivity contribution is -0.135. The Morgan fingerprint density at radius 3 is 2.33 bits per heavy atom. The molecule has 0 saturated carbocycles. The standard InChI is InChI=1S/C20H23N3O4/c1-27-16-6-4-15(5-7-16)19(25)22-17(20(26)23-12-2-3-13-23)18(24)14-8-10-21-11-9-14/h4-11,17-18,24H,2-3,12-13H2,1H3,(H,22,25). The maximum atomic E-state index is 12.9. The number of nitrogens with one attached hydrogen (secondary N) is 1. The summed E-state index contributed by atoms with van der Waals surface area (Å²) in [6.45, 7) is 1.27. The number of benzene rings is 1. The molecule has 1 aliphatic heterocycles. The molecule has 3 rings (SSSR count). The number of likely N-dealkylation sites (tertiary alicyclic amines) is 1. The molecule has 2 atom stereocenters. The molecule has 0 spiro atoms. The number of carbonyl (C=O) groups is 2. The van der Waals surface area contributed by atoms with Crippen LogP contribution in [0.4, 0.5) is 0 Å². The molecule has 2 amide bonds. The molecule has 7 heteroatoms. The van der Waals surface area contributed by atoms with E-state index < -0.39 is 18.1 Å². The van der Waals surface area contributed by atoms with Crippen LogP contribution in [0.1, 0.15) is 34.9 Å². The molecule has 1 saturated heterocycles. The van der Waals surface area contributed by atoms with Crippen LogP contribution in [0, 0.1) is 0 Å². The number of nitrogens with zero attached hydrogens (tertiary/aromatic N) is 2. The van der Waals surface area contributed by atoms with Gasteiger partial charge >= 0.3 is 0 Å². The van der Waals surface area contributed by atoms with Gasteiger partial charge in [-0.2, -0.15) is 0 Å². The van der Waals surface area contributed by atoms with Crippen molar-refractivity contribution in [1.29, 1.82) is 0 Å². The molecule has 2 aromatic rings. The van der Waals surface area contributed by atoms with E-state index >= 15 is 0 Å². The van der Waals surface area contributed by atoms with Crippen LogP contribution in [0.25, 0.3) is 0 Å². The minimum Gasteiger partial charge on any atom is -0.497 e. The molecule has 0 bridgehead atoms. The first-order valence-corrected chi connectivity index (χ1v) is 8.92. The summed E-state index contributed by atoms with van der Waals surface area (Å²) >= 11 is 0. The van der Waals surface area contributed by atoms with Gasteiger partial charge in [0.15, 0.2) is 0 Å². The molecule has 2 unspecified atom stereocenters. The lowest BCUT2D eigenvalue weighted by Crippen LogP contribution is -2.51. The maximum Gasteiger partial charge on any atom is 0.252 e. The zero-order chi connectivity index (χ0) is 19.2. The number of hydrogen-bond donors (Lipinski definition) is 2. The normalized spacial score (nSPS) is 15.9. The third-order valence-electron chi connectivity index (χ3n) is 4.69. The van der Waals surface area contributed by atoms with E-state index in [0.717, 1.165) is 12.8 Å². The highest BCUT2D eigenvalue weighted by atomic mass is 16.5. The van der Waals surface area contributed by atoms with Crippen molar-refractivity contribution >= 4 is 11.8 Å². The summed E-state index contributed by atoms with van der Waals surface area (Å²) in [4.78, 5) is 31.2. The smallest absolute Gasteiger partial charge is 0.252 e. The first kappa shape index (κ1) is 18.8. The Bertz CT molecular complexity index is 774. The highest BCUT2D eigenvalue weighted by Crippen LogP contribution is 2.21. The molecule has 1 aromatic carbocycles. The van der Waals surface area contributed by atoms with E-state index in [1.54, 1.807) is 60.8 Å². The van der Waals surface area contributed by atoms with Gasteiger partial charge in [0.05, 0.1) is 7.11 Å². The Balaban J connectivity index is 1.81. The SMILES string of the molecule is COc1ccc(C(=O)NC(C(=O)N2CCCC2)C(O)c2ccncc2)cc1. The lowest BCUT2D eigenvalue weighted by Gasteiger charge is -2.28. The van der Waals surface area contributed by atoms with Gasteiger partial charge in [0.25, 0.3) is 5.91 Å². The second-order valence-corrected chi connectivity index (χ2v) is 6.44. The summed E-state index contributed by atoms with van der Waals surface area (Å²) in [6.07, 6.45) is 3.78. The van der Waals surface area contributed by atoms with Crippen LogP contribution in [-0.2, 0) is 4.79 Å². The molecule has 142 valence electrons. The molecule has 0 aliphatic carbocycles. The second-order valence-electron chi connectivity index (χ2n) is 6.44. The molecule has 2 N–H and O–H groups in total. The van der Waals surface area contributed by atoms with Crippen LogP contribution >= 0.6 is 0 Å². The summed E-state index contributed by atoms with van der Waals surface area (Å²) in [6, 6.07) is 8.77. The molecular weight excluding hydrogens is 346 g/mol. The Morgan fingerprint density at radius 1 is 1.11 bits per heavy atom. The molecule has 27 heavy (non-hydrogen) atoms. The fourth-order valence-corrected chi connectivity index (χ4v) is 3.13. The van der Waals surface area contributed by atoms with Gasteiger partial charge in [0.1, 0.15) is 17.9 Å². The molecular formula is C20H23N3O4. The van der Waals surface area contributed by atoms with E-state index in [9.17, 15) is 14.7 Å². The number of aliphatic hydroxyl groups is 1. The maximum absolute atomic E-state index is 12.9. The molecule has 0 radical (unpaired) electrons. The Kier molecular flexibility index (Phi) is 6.03. The van der Waals surface area contributed by atoms with Crippen molar-refractivity contribution < 1.29 is 19.4 Å². The van der Waals surface area contributed by atoms with Gasteiger partial charge in [-0.15, -0.1) is 0 Å². The zero-order valence-corrected chi connectivity index (χ0v) is 15.2. The highest BCUT2D eigenvalue weighted by Gasteiger charge is 2.34. The number of aromatic nitrogens is 1. The van der Waals surface area contributed by atoms with E-state index in [4.69, 9.17) is 4.74 Å². The Labute approximate surface area is 158 Å². The number of aliphatic hydroxyl groups excluding tert-OH is 1. The Hall–Kier alpha value is -2.93. The second kappa shape index (κ2) is 8.64. The lowest BCUT2D eigenvalue weighted by atomic mass is 10.0. The van der Waals surface area contributed by atoms with Crippen molar-refractivity contribution in [2.24, 2.45) is 0 Å². The van der Waals surface area contributed by atoms with Crippen molar-refractivity contribution in [3.63, 3.8) is 0 Å². The Morgan fingerprint density at radius 2 is 1.74 bits per heavy atom. The minimum absolute atomic E-state index is 0.279. The van der Waals surface area contributed by atoms with Gasteiger partial charge in [0, 0.05) is 31.0 Å². The van der Waals surface area contributed by atoms with E-state index in [-0.39, 0.29) is 5.91 Å². The van der Waals surface area contributed by atoms with Gasteiger partial charge < -0.3 is 20.1 Å². The largest absolute Gasteiger partial charge is 0.497 e. The topological polar surface area (TPSA) is 91.8 Å². The van der Waals surface area contributed by atoms with E-state index in [0.29, 0.717) is 30.0 Å². The van der Waals surface area contributed by atoms with Crippen LogP contribution in [0.5, 0.6) is 5.75 Å². The number of methoxy groups -OCH3 is 1. The summed E-state index contributed by atoms with van der Waals surface area (Å²) in [5.41, 5.74) is 0.912. The zero-order valence-electron chi connectivity index (χ0n) is 15.2. The van der Waals surface area contributed by atoms with Crippen LogP contribution in [0.15, 0.2) is 48.8 Å². The van der Waals surface area contributed by atoms with Crippen LogP contribution in [0.3, 0.4) is 0 Å². The number of rotatable bonds is 6. The van der Waals surface area contributed by atoms with Crippen molar-refractivity contribution in [3.05, 3.63) is 59.9 Å². The third-order valence-corrected chi connectivity index (χ3v) is 4.69. The van der Waals surface area contributed by atoms with Gasteiger partial charge in [-0.1, -0.05) is 0 Å². The molecule has 1 aliphatic rings. The van der Waals surface area contributed by atoms with E-state index in [1.165, 1.54) is 0 Å². The minimum atomic E-state index is -1.16. The number of pyridine rings is 1. The van der Waals surface area contributed by atoms with Gasteiger partial charge in [-0.05, 0) is 54.8 Å². The number of ether oxygens (including phenoxy) is 1. The first-order valence-electron chi connectivity index (χ1n) is 8.92. The van der Waals surface area contributed by atoms with Crippen molar-refractivity contribution in [3.8, 4) is 5.75 Å². The van der Waals surface area contributed by atoms with E-state index in [2.05, 4.69) is 10.3 Å². The number of hydrogen-bond acceptors (Lipinski definition) is 5. The summed E-state index contributed by atoms with van der Waals surface area (Å²) in [7, 11) is 1.55. The van der Waals surface area contributed by atoms with Crippen LogP contribution < -0.4 is 10.1 Å². The predicted molar refractivity (Wildman–Crippen MR) is 99.3 cm³/mol. The van der Waals surface area contributed by atoms with Gasteiger partial charge in [-0.25, -0.2) is 0 Å². The van der Waals surface area contributed by atoms with Gasteiger partial charge in [0.2, 0.25) is 5.91 Å². The third kappa shape index (κ3) is 4.43. The first-order chi connectivity index (χ1) is 13.1. The quantitative estimate of drug-likeness (QED) is 0.806. The summed E-state index contributed by atoms with van der Waals surface area (Å²) in [5, 5.41) is 13.5. The molecule has 2 heterocycles. The number of carbonyl (C=O) groups excluding carboxylic acids is 2. The van der Waals surface area contributed by atoms with Crippen molar-refractivity contribution in [2.45, 2.75) is 25.0 Å². The van der Waals surface area contributed by atoms with Crippen LogP contribution in [0.2, 0.25) is 0 Å². The monoisotopic (exact) mass is 369 g/mol. The average molecular weight is 369 g/mol. The van der Waals surface area contributed by atoms with Crippen molar-refractivity contribution in [1.82, 2.24) is 15.2 Å². The molecule has 1 aromatic heterocycles. The fourth-order valence-electron chi connectivity index (χ4n) is 3.13. The summed E-state index contributed by atoms with van der Waals surface area (Å²) in [5.74, 6) is -0.0740. The van der Waals surface area contributed by atoms with Crippen LogP contribution in [-0.4, -0.2) is 53.0 Å². The summed E-state index contributed by atoms with van der Waals surface area (Å²) < 4.78 is 5.09. The van der Waals surface area contributed by atoms with E-state index in [1.807, 2.05) is 0 Å². The molecule has 7 nitrogen and oxygen atoms in total. The molecule has 1 fully saturated rings.